The second kappa shape index (κ2) is 14.1. The Morgan fingerprint density at radius 2 is 1.92 bits per heavy atom. The van der Waals surface area contributed by atoms with Gasteiger partial charge in [0.1, 0.15) is 0 Å². The molecule has 1 aromatic carbocycles. The van der Waals surface area contributed by atoms with Gasteiger partial charge in [0, 0.05) is 38.2 Å². The lowest BCUT2D eigenvalue weighted by atomic mass is 9.83. The lowest BCUT2D eigenvalue weighted by Crippen LogP contribution is -2.45. The number of aliphatic carboxylic acids is 1. The number of rotatable bonds is 14. The highest BCUT2D eigenvalue weighted by Crippen LogP contribution is 2.43. The minimum absolute atomic E-state index is 0.0739. The maximum absolute atomic E-state index is 13.6. The normalized spacial score (nSPS) is 25.0. The van der Waals surface area contributed by atoms with E-state index < -0.39 is 11.9 Å². The van der Waals surface area contributed by atoms with E-state index in [9.17, 15) is 14.7 Å². The molecule has 4 atom stereocenters. The van der Waals surface area contributed by atoms with Crippen LogP contribution in [-0.4, -0.2) is 85.1 Å². The number of nitrogens with zero attached hydrogens (tertiary/aromatic N) is 2. The molecule has 38 heavy (non-hydrogen) atoms. The second-order valence-electron chi connectivity index (χ2n) is 10.9. The molecule has 3 heterocycles. The lowest BCUT2D eigenvalue weighted by Gasteiger charge is -2.31. The smallest absolute Gasteiger partial charge is 0.308 e. The molecule has 0 aromatic heterocycles. The molecule has 1 amide bonds. The molecule has 9 nitrogen and oxygen atoms in total. The summed E-state index contributed by atoms with van der Waals surface area (Å²) in [6.45, 7) is 5.85. The number of carboxylic acids is 1. The summed E-state index contributed by atoms with van der Waals surface area (Å²) in [6, 6.07) is 5.48. The largest absolute Gasteiger partial charge is 0.481 e. The molecular formula is C29H45N3O6. The maximum atomic E-state index is 13.6. The fraction of sp³-hybridized carbons (Fsp3) is 0.724. The molecule has 9 heteroatoms. The van der Waals surface area contributed by atoms with Crippen LogP contribution in [0.25, 0.3) is 0 Å². The van der Waals surface area contributed by atoms with E-state index in [1.165, 1.54) is 0 Å². The molecule has 0 saturated carbocycles. The molecule has 0 bridgehead atoms. The van der Waals surface area contributed by atoms with E-state index in [2.05, 4.69) is 11.8 Å². The van der Waals surface area contributed by atoms with E-state index in [0.29, 0.717) is 37.6 Å². The van der Waals surface area contributed by atoms with Crippen molar-refractivity contribution < 1.29 is 28.9 Å². The predicted octanol–water partition coefficient (Wildman–Crippen LogP) is 3.60. The van der Waals surface area contributed by atoms with Gasteiger partial charge in [-0.2, -0.15) is 0 Å². The summed E-state index contributed by atoms with van der Waals surface area (Å²) in [5.74, 6) is -0.269. The Labute approximate surface area is 226 Å². The monoisotopic (exact) mass is 531 g/mol. The molecule has 2 saturated heterocycles. The van der Waals surface area contributed by atoms with Crippen LogP contribution in [0.2, 0.25) is 0 Å². The lowest BCUT2D eigenvalue weighted by molar-refractivity contribution is -0.144. The Morgan fingerprint density at radius 3 is 2.66 bits per heavy atom. The van der Waals surface area contributed by atoms with Crippen molar-refractivity contribution in [2.75, 3.05) is 46.1 Å². The summed E-state index contributed by atoms with van der Waals surface area (Å²) in [7, 11) is 0. The van der Waals surface area contributed by atoms with Crippen molar-refractivity contribution in [3.63, 3.8) is 0 Å². The number of likely N-dealkylation sites (tertiary alicyclic amines) is 1. The Bertz CT molecular complexity index is 922. The number of ether oxygens (including phenoxy) is 3. The van der Waals surface area contributed by atoms with Crippen molar-refractivity contribution in [2.45, 2.75) is 82.8 Å². The van der Waals surface area contributed by atoms with Gasteiger partial charge in [-0.15, -0.1) is 0 Å². The van der Waals surface area contributed by atoms with Gasteiger partial charge in [-0.25, -0.2) is 0 Å². The zero-order chi connectivity index (χ0) is 26.9. The van der Waals surface area contributed by atoms with Crippen LogP contribution in [0, 0.1) is 5.92 Å². The van der Waals surface area contributed by atoms with Crippen LogP contribution in [-0.2, 0) is 14.3 Å². The van der Waals surface area contributed by atoms with Gasteiger partial charge < -0.3 is 30.0 Å². The number of carbonyl (C=O) groups is 2. The van der Waals surface area contributed by atoms with Crippen LogP contribution in [0.15, 0.2) is 18.2 Å². The van der Waals surface area contributed by atoms with Gasteiger partial charge in [-0.3, -0.25) is 14.5 Å². The van der Waals surface area contributed by atoms with Crippen LogP contribution in [0.4, 0.5) is 0 Å². The van der Waals surface area contributed by atoms with Crippen molar-refractivity contribution >= 4 is 11.9 Å². The fourth-order valence-electron chi connectivity index (χ4n) is 6.16. The molecule has 1 aromatic rings. The van der Waals surface area contributed by atoms with Crippen molar-refractivity contribution in [1.29, 1.82) is 0 Å². The van der Waals surface area contributed by atoms with E-state index in [-0.39, 0.29) is 37.3 Å². The van der Waals surface area contributed by atoms with Crippen LogP contribution >= 0.6 is 0 Å². The number of hydrogen-bond donors (Lipinski definition) is 2. The van der Waals surface area contributed by atoms with Crippen molar-refractivity contribution in [3.05, 3.63) is 23.8 Å². The summed E-state index contributed by atoms with van der Waals surface area (Å²) in [6.07, 6.45) is 8.65. The second-order valence-corrected chi connectivity index (χ2v) is 10.9. The van der Waals surface area contributed by atoms with E-state index in [4.69, 9.17) is 19.9 Å². The van der Waals surface area contributed by atoms with E-state index in [1.807, 2.05) is 23.1 Å². The van der Waals surface area contributed by atoms with Crippen molar-refractivity contribution in [1.82, 2.24) is 9.80 Å². The topological polar surface area (TPSA) is 115 Å². The quantitative estimate of drug-likeness (QED) is 0.350. The Kier molecular flexibility index (Phi) is 10.7. The van der Waals surface area contributed by atoms with E-state index in [0.717, 1.165) is 70.1 Å². The number of fused-ring (bicyclic) bond motifs is 1. The van der Waals surface area contributed by atoms with Gasteiger partial charge in [0.15, 0.2) is 11.5 Å². The molecule has 212 valence electrons. The first kappa shape index (κ1) is 28.6. The average Bonchev–Trinajstić information content (AvgIpc) is 3.54. The number of carbonyl (C=O) groups excluding carboxylic acids is 1. The number of carboxylic acid groups (broad SMARTS) is 1. The number of hydrogen-bond acceptors (Lipinski definition) is 7. The molecule has 3 N–H and O–H groups in total. The SMILES string of the molecule is CCCCN(CCCCN)C(=O)CN1C[C@H](c2ccc3c(c2)OCO3)C(C(=O)O)[C@@H]1CCC1CCCCO1. The first-order valence-electron chi connectivity index (χ1n) is 14.5. The highest BCUT2D eigenvalue weighted by atomic mass is 16.7. The first-order chi connectivity index (χ1) is 18.5. The Morgan fingerprint density at radius 1 is 1.11 bits per heavy atom. The first-order valence-corrected chi connectivity index (χ1v) is 14.5. The summed E-state index contributed by atoms with van der Waals surface area (Å²) in [4.78, 5) is 30.4. The summed E-state index contributed by atoms with van der Waals surface area (Å²) in [5.41, 5.74) is 6.61. The molecular weight excluding hydrogens is 486 g/mol. The van der Waals surface area contributed by atoms with Gasteiger partial charge in [0.25, 0.3) is 0 Å². The molecule has 0 aliphatic carbocycles. The third-order valence-corrected chi connectivity index (χ3v) is 8.27. The third kappa shape index (κ3) is 7.18. The summed E-state index contributed by atoms with van der Waals surface area (Å²) in [5, 5.41) is 10.4. The van der Waals surface area contributed by atoms with Crippen LogP contribution in [0.5, 0.6) is 11.5 Å². The summed E-state index contributed by atoms with van der Waals surface area (Å²) >= 11 is 0. The van der Waals surface area contributed by atoms with Gasteiger partial charge in [0.05, 0.1) is 18.6 Å². The van der Waals surface area contributed by atoms with Gasteiger partial charge in [0.2, 0.25) is 12.7 Å². The average molecular weight is 532 g/mol. The number of nitrogens with two attached hydrogens (primary N) is 1. The van der Waals surface area contributed by atoms with Crippen molar-refractivity contribution in [3.8, 4) is 11.5 Å². The molecule has 2 unspecified atom stereocenters. The minimum Gasteiger partial charge on any atom is -0.481 e. The standard InChI is InChI=1S/C29H45N3O6/c1-2-3-14-31(15-6-5-13-30)27(33)19-32-18-23(21-9-12-25-26(17-21)38-20-37-25)28(29(34)35)24(32)11-10-22-8-4-7-16-36-22/h9,12,17,22-24,28H,2-8,10-11,13-16,18-20,30H2,1H3,(H,34,35)/t22?,23-,24+,28?/m1/s1. The van der Waals surface area contributed by atoms with Crippen molar-refractivity contribution in [2.24, 2.45) is 11.7 Å². The predicted molar refractivity (Wildman–Crippen MR) is 144 cm³/mol. The molecule has 3 aliphatic heterocycles. The number of benzene rings is 1. The minimum atomic E-state index is -0.817. The summed E-state index contributed by atoms with van der Waals surface area (Å²) < 4.78 is 17.0. The molecule has 0 radical (unpaired) electrons. The zero-order valence-electron chi connectivity index (χ0n) is 22.8. The maximum Gasteiger partial charge on any atom is 0.308 e. The number of amides is 1. The highest BCUT2D eigenvalue weighted by Gasteiger charge is 2.47. The molecule has 3 aliphatic rings. The zero-order valence-corrected chi connectivity index (χ0v) is 22.8. The Balaban J connectivity index is 1.54. The Hall–Kier alpha value is -2.36. The highest BCUT2D eigenvalue weighted by molar-refractivity contribution is 5.79. The van der Waals surface area contributed by atoms with Crippen LogP contribution in [0.3, 0.4) is 0 Å². The van der Waals surface area contributed by atoms with Crippen LogP contribution < -0.4 is 15.2 Å². The van der Waals surface area contributed by atoms with Gasteiger partial charge >= 0.3 is 5.97 Å². The molecule has 0 spiro atoms. The van der Waals surface area contributed by atoms with Gasteiger partial charge in [-0.1, -0.05) is 19.4 Å². The van der Waals surface area contributed by atoms with E-state index >= 15 is 0 Å². The van der Waals surface area contributed by atoms with E-state index in [1.54, 1.807) is 0 Å². The van der Waals surface area contributed by atoms with Crippen LogP contribution in [0.1, 0.15) is 76.2 Å². The molecule has 4 rings (SSSR count). The third-order valence-electron chi connectivity index (χ3n) is 8.27. The molecule has 2 fully saturated rings. The van der Waals surface area contributed by atoms with Gasteiger partial charge in [-0.05, 0) is 75.6 Å². The number of unbranched alkanes of at least 4 members (excludes halogenated alkanes) is 2. The fourth-order valence-corrected chi connectivity index (χ4v) is 6.16.